The maximum atomic E-state index is 12.0. The molecule has 1 aliphatic heterocycles. The van der Waals surface area contributed by atoms with Gasteiger partial charge in [-0.1, -0.05) is 0 Å². The van der Waals surface area contributed by atoms with Crippen LogP contribution in [0.2, 0.25) is 0 Å². The summed E-state index contributed by atoms with van der Waals surface area (Å²) in [4.78, 5) is 16.3. The maximum Gasteiger partial charge on any atom is 0.229 e. The summed E-state index contributed by atoms with van der Waals surface area (Å²) in [6.45, 7) is 3.68. The third-order valence-corrected chi connectivity index (χ3v) is 3.78. The number of piperidine rings is 1. The Labute approximate surface area is 109 Å². The van der Waals surface area contributed by atoms with Crippen molar-refractivity contribution in [2.75, 3.05) is 18.4 Å². The van der Waals surface area contributed by atoms with Gasteiger partial charge in [0.25, 0.3) is 0 Å². The molecular weight excluding hydrogens is 282 g/mol. The fourth-order valence-electron chi connectivity index (χ4n) is 1.92. The topological polar surface area (TPSA) is 54.0 Å². The van der Waals surface area contributed by atoms with Gasteiger partial charge in [0.15, 0.2) is 0 Å². The van der Waals surface area contributed by atoms with Crippen LogP contribution in [0.3, 0.4) is 0 Å². The van der Waals surface area contributed by atoms with Crippen molar-refractivity contribution in [3.8, 4) is 0 Å². The van der Waals surface area contributed by atoms with E-state index in [1.54, 1.807) is 0 Å². The third kappa shape index (κ3) is 3.26. The standard InChI is InChI=1S/C12H16BrN3O/c1-8-10(13)4-5-11(15-8)16-12(17)9-3-2-6-14-7-9/h4-5,9,14H,2-3,6-7H2,1H3,(H,15,16,17)/t9-/m0/s1. The van der Waals surface area contributed by atoms with Crippen molar-refractivity contribution in [1.29, 1.82) is 0 Å². The molecule has 92 valence electrons. The molecule has 1 aromatic rings. The van der Waals surface area contributed by atoms with Crippen LogP contribution in [0.4, 0.5) is 5.82 Å². The highest BCUT2D eigenvalue weighted by Crippen LogP contribution is 2.17. The predicted molar refractivity (Wildman–Crippen MR) is 70.9 cm³/mol. The normalized spacial score (nSPS) is 20.0. The number of hydrogen-bond acceptors (Lipinski definition) is 3. The molecule has 4 nitrogen and oxygen atoms in total. The van der Waals surface area contributed by atoms with Crippen molar-refractivity contribution in [1.82, 2.24) is 10.3 Å². The van der Waals surface area contributed by atoms with Crippen molar-refractivity contribution < 1.29 is 4.79 Å². The molecule has 2 N–H and O–H groups in total. The number of rotatable bonds is 2. The first-order valence-corrected chi connectivity index (χ1v) is 6.61. The Kier molecular flexibility index (Phi) is 4.12. The van der Waals surface area contributed by atoms with Crippen molar-refractivity contribution in [2.24, 2.45) is 5.92 Å². The fourth-order valence-corrected chi connectivity index (χ4v) is 2.14. The van der Waals surface area contributed by atoms with Crippen molar-refractivity contribution in [3.05, 3.63) is 22.3 Å². The lowest BCUT2D eigenvalue weighted by atomic mass is 9.99. The van der Waals surface area contributed by atoms with Crippen molar-refractivity contribution in [3.63, 3.8) is 0 Å². The molecule has 1 saturated heterocycles. The monoisotopic (exact) mass is 297 g/mol. The van der Waals surface area contributed by atoms with E-state index in [1.165, 1.54) is 0 Å². The average molecular weight is 298 g/mol. The zero-order valence-corrected chi connectivity index (χ0v) is 11.4. The summed E-state index contributed by atoms with van der Waals surface area (Å²) in [5.74, 6) is 0.752. The molecule has 1 atom stereocenters. The summed E-state index contributed by atoms with van der Waals surface area (Å²) >= 11 is 3.39. The van der Waals surface area contributed by atoms with Gasteiger partial charge in [0.2, 0.25) is 5.91 Å². The van der Waals surface area contributed by atoms with E-state index in [9.17, 15) is 4.79 Å². The number of aryl methyl sites for hydroxylation is 1. The molecule has 0 saturated carbocycles. The van der Waals surface area contributed by atoms with Gasteiger partial charge in [-0.25, -0.2) is 4.98 Å². The molecule has 1 amide bonds. The highest BCUT2D eigenvalue weighted by Gasteiger charge is 2.21. The van der Waals surface area contributed by atoms with E-state index in [2.05, 4.69) is 31.5 Å². The molecule has 0 aliphatic carbocycles. The summed E-state index contributed by atoms with van der Waals surface area (Å²) < 4.78 is 0.954. The number of nitrogens with one attached hydrogen (secondary N) is 2. The minimum atomic E-state index is 0.0615. The van der Waals surface area contributed by atoms with Crippen LogP contribution in [0, 0.1) is 12.8 Å². The lowest BCUT2D eigenvalue weighted by Crippen LogP contribution is -2.37. The Hall–Kier alpha value is -0.940. The molecule has 5 heteroatoms. The summed E-state index contributed by atoms with van der Waals surface area (Å²) in [7, 11) is 0. The van der Waals surface area contributed by atoms with Gasteiger partial charge >= 0.3 is 0 Å². The van der Waals surface area contributed by atoms with Crippen molar-refractivity contribution in [2.45, 2.75) is 19.8 Å². The Morgan fingerprint density at radius 3 is 3.06 bits per heavy atom. The van der Waals surface area contributed by atoms with E-state index in [0.717, 1.165) is 36.1 Å². The van der Waals surface area contributed by atoms with Crippen LogP contribution in [-0.2, 0) is 4.79 Å². The molecule has 0 radical (unpaired) electrons. The van der Waals surface area contributed by atoms with Crippen molar-refractivity contribution >= 4 is 27.7 Å². The van der Waals surface area contributed by atoms with E-state index in [1.807, 2.05) is 19.1 Å². The maximum absolute atomic E-state index is 12.0. The van der Waals surface area contributed by atoms with E-state index in [-0.39, 0.29) is 11.8 Å². The molecule has 2 rings (SSSR count). The van der Waals surface area contributed by atoms with Gasteiger partial charge in [-0.3, -0.25) is 4.79 Å². The molecule has 1 fully saturated rings. The number of carbonyl (C=O) groups excluding carboxylic acids is 1. The van der Waals surface area contributed by atoms with Crippen LogP contribution in [0.15, 0.2) is 16.6 Å². The number of pyridine rings is 1. The Morgan fingerprint density at radius 1 is 1.59 bits per heavy atom. The smallest absolute Gasteiger partial charge is 0.229 e. The largest absolute Gasteiger partial charge is 0.316 e. The number of halogens is 1. The first-order valence-electron chi connectivity index (χ1n) is 5.81. The van der Waals surface area contributed by atoms with Gasteiger partial charge < -0.3 is 10.6 Å². The van der Waals surface area contributed by atoms with Crippen LogP contribution in [0.1, 0.15) is 18.5 Å². The fraction of sp³-hybridized carbons (Fsp3) is 0.500. The lowest BCUT2D eigenvalue weighted by Gasteiger charge is -2.21. The quantitative estimate of drug-likeness (QED) is 0.879. The second-order valence-corrected chi connectivity index (χ2v) is 5.15. The Morgan fingerprint density at radius 2 is 2.41 bits per heavy atom. The number of amides is 1. The van der Waals surface area contributed by atoms with Crippen LogP contribution in [0.5, 0.6) is 0 Å². The lowest BCUT2D eigenvalue weighted by molar-refractivity contribution is -0.120. The number of hydrogen-bond donors (Lipinski definition) is 2. The summed E-state index contributed by atoms with van der Waals surface area (Å²) in [5, 5.41) is 6.10. The molecule has 1 aromatic heterocycles. The SMILES string of the molecule is Cc1nc(NC(=O)[C@H]2CCCNC2)ccc1Br. The molecule has 0 unspecified atom stereocenters. The minimum absolute atomic E-state index is 0.0615. The van der Waals surface area contributed by atoms with Gasteiger partial charge in [-0.2, -0.15) is 0 Å². The highest BCUT2D eigenvalue weighted by atomic mass is 79.9. The molecule has 0 bridgehead atoms. The third-order valence-electron chi connectivity index (χ3n) is 2.94. The summed E-state index contributed by atoms with van der Waals surface area (Å²) in [5.41, 5.74) is 0.879. The molecule has 1 aliphatic rings. The van der Waals surface area contributed by atoms with E-state index in [4.69, 9.17) is 0 Å². The van der Waals surface area contributed by atoms with E-state index in [0.29, 0.717) is 5.82 Å². The highest BCUT2D eigenvalue weighted by molar-refractivity contribution is 9.10. The van der Waals surface area contributed by atoms with Crippen LogP contribution < -0.4 is 10.6 Å². The zero-order chi connectivity index (χ0) is 12.3. The van der Waals surface area contributed by atoms with Crippen LogP contribution in [0.25, 0.3) is 0 Å². The number of nitrogens with zero attached hydrogens (tertiary/aromatic N) is 1. The van der Waals surface area contributed by atoms with Gasteiger partial charge in [0.1, 0.15) is 5.82 Å². The second kappa shape index (κ2) is 5.60. The van der Waals surface area contributed by atoms with Gasteiger partial charge in [0.05, 0.1) is 11.6 Å². The van der Waals surface area contributed by atoms with E-state index >= 15 is 0 Å². The second-order valence-electron chi connectivity index (χ2n) is 4.30. The predicted octanol–water partition coefficient (Wildman–Crippen LogP) is 2.09. The van der Waals surface area contributed by atoms with Crippen LogP contribution >= 0.6 is 15.9 Å². The molecular formula is C12H16BrN3O. The minimum Gasteiger partial charge on any atom is -0.316 e. The van der Waals surface area contributed by atoms with E-state index < -0.39 is 0 Å². The van der Waals surface area contributed by atoms with Gasteiger partial charge in [0, 0.05) is 11.0 Å². The average Bonchev–Trinajstić information content (AvgIpc) is 2.35. The van der Waals surface area contributed by atoms with Gasteiger partial charge in [-0.05, 0) is 54.4 Å². The number of aromatic nitrogens is 1. The molecule has 0 spiro atoms. The number of anilines is 1. The summed E-state index contributed by atoms with van der Waals surface area (Å²) in [6, 6.07) is 3.71. The first-order chi connectivity index (χ1) is 8.16. The summed E-state index contributed by atoms with van der Waals surface area (Å²) in [6.07, 6.45) is 2.01. The first kappa shape index (κ1) is 12.5. The Balaban J connectivity index is 1.99. The zero-order valence-electron chi connectivity index (χ0n) is 9.79. The number of carbonyl (C=O) groups is 1. The molecule has 2 heterocycles. The molecule has 0 aromatic carbocycles. The molecule has 17 heavy (non-hydrogen) atoms. The Bertz CT molecular complexity index is 416. The van der Waals surface area contributed by atoms with Gasteiger partial charge in [-0.15, -0.1) is 0 Å². The van der Waals surface area contributed by atoms with Crippen LogP contribution in [-0.4, -0.2) is 24.0 Å².